The Hall–Kier alpha value is 1.70. The predicted molar refractivity (Wildman–Crippen MR) is 38.0 cm³/mol. The van der Waals surface area contributed by atoms with E-state index in [1.165, 1.54) is 0 Å². The smallest absolute Gasteiger partial charge is 0.147 e. The number of halogens is 3. The normalized spacial score (nSPS) is 5.00. The quantitative estimate of drug-likeness (QED) is 0.696. The molecule has 0 atom stereocenters. The third-order valence-corrected chi connectivity index (χ3v) is 1.04. The predicted octanol–water partition coefficient (Wildman–Crippen LogP) is 2.14. The molecule has 0 aromatic carbocycles. The van der Waals surface area contributed by atoms with Gasteiger partial charge in [-0.3, -0.25) is 0 Å². The van der Waals surface area contributed by atoms with Crippen molar-refractivity contribution in [3.63, 3.8) is 0 Å². The molecule has 0 aliphatic heterocycles. The zero-order valence-electron chi connectivity index (χ0n) is 4.55. The second kappa shape index (κ2) is 23.4. The Kier molecular flexibility index (Phi) is 66.0. The number of hydrogen-bond acceptors (Lipinski definition) is 1. The standard InChI is InChI=1S/C3H7O.3ClH.Hf/c1-2-3-4;;;;/h2-3H2,1H3;3*1H;/q-1;;;;+1. The van der Waals surface area contributed by atoms with Crippen LogP contribution in [0.2, 0.25) is 0 Å². The van der Waals surface area contributed by atoms with Crippen LogP contribution < -0.4 is 0 Å². The summed E-state index contributed by atoms with van der Waals surface area (Å²) < 4.78 is 4.83. The van der Waals surface area contributed by atoms with Gasteiger partial charge in [0.25, 0.3) is 0 Å². The summed E-state index contributed by atoms with van der Waals surface area (Å²) in [6, 6.07) is 0. The van der Waals surface area contributed by atoms with Crippen molar-refractivity contribution in [2.75, 3.05) is 6.61 Å². The summed E-state index contributed by atoms with van der Waals surface area (Å²) in [5.41, 5.74) is 0. The SMILES string of the molecule is CCC[O][Hf].Cl.Cl.Cl. The number of hydrogen-bond donors (Lipinski definition) is 0. The van der Waals surface area contributed by atoms with E-state index in [2.05, 4.69) is 6.92 Å². The topological polar surface area (TPSA) is 9.23 Å². The van der Waals surface area contributed by atoms with E-state index >= 15 is 0 Å². The molecule has 0 amide bonds. The fourth-order valence-corrected chi connectivity index (χ4v) is 0.835. The van der Waals surface area contributed by atoms with Gasteiger partial charge < -0.3 is 0 Å². The molecule has 0 fully saturated rings. The first-order chi connectivity index (χ1) is 2.41. The molecule has 0 radical (unpaired) electrons. The molecule has 0 saturated carbocycles. The molecule has 0 rings (SSSR count). The zero-order chi connectivity index (χ0) is 4.12. The van der Waals surface area contributed by atoms with Crippen molar-refractivity contribution in [3.05, 3.63) is 0 Å². The van der Waals surface area contributed by atoms with E-state index in [0.717, 1.165) is 37.8 Å². The molecule has 0 saturated heterocycles. The van der Waals surface area contributed by atoms with E-state index < -0.39 is 0 Å². The first kappa shape index (κ1) is 22.6. The molecule has 0 bridgehead atoms. The molecule has 0 heterocycles. The molecule has 0 N–H and O–H groups in total. The van der Waals surface area contributed by atoms with E-state index in [4.69, 9.17) is 2.85 Å². The Bertz CT molecular complexity index is 22.0. The van der Waals surface area contributed by atoms with Crippen molar-refractivity contribution in [2.45, 2.75) is 13.3 Å². The third kappa shape index (κ3) is 25.2. The Morgan fingerprint density at radius 2 is 1.62 bits per heavy atom. The number of rotatable bonds is 2. The van der Waals surface area contributed by atoms with E-state index in [0.29, 0.717) is 0 Å². The summed E-state index contributed by atoms with van der Waals surface area (Å²) in [4.78, 5) is 0. The summed E-state index contributed by atoms with van der Waals surface area (Å²) in [6.07, 6.45) is 1.16. The molecule has 53 valence electrons. The van der Waals surface area contributed by atoms with Crippen molar-refractivity contribution in [3.8, 4) is 0 Å². The van der Waals surface area contributed by atoms with Crippen LogP contribution in [0.3, 0.4) is 0 Å². The molecule has 0 unspecified atom stereocenters. The van der Waals surface area contributed by atoms with Crippen molar-refractivity contribution >= 4 is 37.2 Å². The maximum absolute atomic E-state index is 4.83. The molecule has 8 heavy (non-hydrogen) atoms. The summed E-state index contributed by atoms with van der Waals surface area (Å²) in [7, 11) is 0. The van der Waals surface area contributed by atoms with Gasteiger partial charge in [0.05, 0.1) is 0 Å². The summed E-state index contributed by atoms with van der Waals surface area (Å²) in [5.74, 6) is 0. The van der Waals surface area contributed by atoms with E-state index in [1.807, 2.05) is 0 Å². The van der Waals surface area contributed by atoms with Crippen LogP contribution >= 0.6 is 37.2 Å². The molecule has 0 aromatic heterocycles. The molecule has 0 spiro atoms. The van der Waals surface area contributed by atoms with Crippen LogP contribution in [0.15, 0.2) is 0 Å². The Morgan fingerprint density at radius 3 is 1.62 bits per heavy atom. The van der Waals surface area contributed by atoms with Gasteiger partial charge in [0.1, 0.15) is 0 Å². The minimum atomic E-state index is 0. The maximum atomic E-state index is 4.83. The van der Waals surface area contributed by atoms with Crippen molar-refractivity contribution < 1.29 is 27.7 Å². The average molecular weight is 347 g/mol. The van der Waals surface area contributed by atoms with Crippen LogP contribution in [-0.2, 0) is 27.7 Å². The first-order valence-corrected chi connectivity index (χ1v) is 3.17. The molecule has 5 heteroatoms. The molecular formula is C3H10Cl3HfO. The first-order valence-electron chi connectivity index (χ1n) is 1.70. The minimum Gasteiger partial charge on any atom is -0.147 e. The van der Waals surface area contributed by atoms with Crippen LogP contribution in [0.4, 0.5) is 0 Å². The van der Waals surface area contributed by atoms with Gasteiger partial charge in [-0.15, -0.1) is 37.2 Å². The van der Waals surface area contributed by atoms with Crippen molar-refractivity contribution in [2.24, 2.45) is 0 Å². The summed E-state index contributed by atoms with van der Waals surface area (Å²) in [6.45, 7) is 3.06. The van der Waals surface area contributed by atoms with Gasteiger partial charge in [-0.2, -0.15) is 0 Å². The average Bonchev–Trinajstić information content (AvgIpc) is 1.41. The minimum absolute atomic E-state index is 0. The second-order valence-corrected chi connectivity index (χ2v) is 1.89. The Morgan fingerprint density at radius 1 is 1.25 bits per heavy atom. The van der Waals surface area contributed by atoms with Gasteiger partial charge in [0.15, 0.2) is 0 Å². The maximum Gasteiger partial charge on any atom is -0.147 e. The van der Waals surface area contributed by atoms with Gasteiger partial charge in [0.2, 0.25) is 0 Å². The monoisotopic (exact) mass is 347 g/mol. The van der Waals surface area contributed by atoms with Gasteiger partial charge >= 0.3 is 47.6 Å². The fourth-order valence-electron chi connectivity index (χ4n) is 0.102. The van der Waals surface area contributed by atoms with E-state index in [1.54, 1.807) is 0 Å². The molecule has 0 aliphatic rings. The summed E-state index contributed by atoms with van der Waals surface area (Å²) in [5, 5.41) is 0. The van der Waals surface area contributed by atoms with E-state index in [-0.39, 0.29) is 37.2 Å². The van der Waals surface area contributed by atoms with Crippen LogP contribution in [-0.4, -0.2) is 6.61 Å². The molecular weight excluding hydrogens is 337 g/mol. The summed E-state index contributed by atoms with van der Waals surface area (Å²) >= 11 is 0.899. The molecule has 0 aliphatic carbocycles. The molecule has 0 aromatic rings. The van der Waals surface area contributed by atoms with Crippen LogP contribution in [0.1, 0.15) is 13.3 Å². The van der Waals surface area contributed by atoms with Gasteiger partial charge in [-0.1, -0.05) is 0 Å². The van der Waals surface area contributed by atoms with Crippen LogP contribution in [0.25, 0.3) is 0 Å². The van der Waals surface area contributed by atoms with Crippen molar-refractivity contribution in [1.29, 1.82) is 0 Å². The van der Waals surface area contributed by atoms with Gasteiger partial charge in [-0.05, 0) is 0 Å². The Labute approximate surface area is 84.3 Å². The van der Waals surface area contributed by atoms with E-state index in [9.17, 15) is 0 Å². The largest absolute Gasteiger partial charge is 0.147 e. The second-order valence-electron chi connectivity index (χ2n) is 0.848. The van der Waals surface area contributed by atoms with Gasteiger partial charge in [-0.25, -0.2) is 0 Å². The fraction of sp³-hybridized carbons (Fsp3) is 1.00. The van der Waals surface area contributed by atoms with Crippen LogP contribution in [0, 0.1) is 0 Å². The van der Waals surface area contributed by atoms with Gasteiger partial charge in [0, 0.05) is 0 Å². The molecule has 1 nitrogen and oxygen atoms in total. The third-order valence-electron chi connectivity index (χ3n) is 0.306. The Balaban J connectivity index is -0.0000000267. The zero-order valence-corrected chi connectivity index (χ0v) is 10.6. The van der Waals surface area contributed by atoms with Crippen molar-refractivity contribution in [1.82, 2.24) is 0 Å². The van der Waals surface area contributed by atoms with Crippen LogP contribution in [0.5, 0.6) is 0 Å².